The minimum Gasteiger partial charge on any atom is -0.348 e. The van der Waals surface area contributed by atoms with E-state index in [9.17, 15) is 4.79 Å². The number of amides is 1. The molecule has 1 unspecified atom stereocenters. The Hall–Kier alpha value is -0.540. The molecule has 0 aliphatic carbocycles. The molecule has 0 radical (unpaired) electrons. The second kappa shape index (κ2) is 6.26. The fraction of sp³-hybridized carbons (Fsp3) is 0.417. The molecular formula is C12H15BrClNO. The van der Waals surface area contributed by atoms with E-state index in [1.807, 2.05) is 32.0 Å². The number of halogens is 2. The molecule has 1 aromatic rings. The van der Waals surface area contributed by atoms with E-state index in [-0.39, 0.29) is 11.9 Å². The first kappa shape index (κ1) is 13.5. The van der Waals surface area contributed by atoms with Gasteiger partial charge in [-0.1, -0.05) is 28.9 Å². The van der Waals surface area contributed by atoms with Crippen LogP contribution in [0.5, 0.6) is 0 Å². The van der Waals surface area contributed by atoms with E-state index in [2.05, 4.69) is 21.2 Å². The van der Waals surface area contributed by atoms with Gasteiger partial charge in [-0.2, -0.15) is 0 Å². The monoisotopic (exact) mass is 303 g/mol. The van der Waals surface area contributed by atoms with Crippen molar-refractivity contribution in [3.8, 4) is 0 Å². The number of benzene rings is 1. The lowest BCUT2D eigenvalue weighted by Crippen LogP contribution is -2.35. The van der Waals surface area contributed by atoms with Crippen LogP contribution in [0.25, 0.3) is 0 Å². The quantitative estimate of drug-likeness (QED) is 0.848. The van der Waals surface area contributed by atoms with E-state index in [4.69, 9.17) is 11.6 Å². The van der Waals surface area contributed by atoms with E-state index in [1.54, 1.807) is 0 Å². The number of aryl methyl sites for hydroxylation is 1. The van der Waals surface area contributed by atoms with Crippen LogP contribution in [0.4, 0.5) is 0 Å². The number of carbonyl (C=O) groups excluding carboxylic acids is 1. The molecule has 0 aliphatic heterocycles. The molecule has 88 valence electrons. The highest BCUT2D eigenvalue weighted by Gasteiger charge is 2.13. The van der Waals surface area contributed by atoms with Crippen molar-refractivity contribution in [2.75, 3.05) is 5.88 Å². The average molecular weight is 305 g/mol. The Kier molecular flexibility index (Phi) is 5.29. The van der Waals surface area contributed by atoms with Gasteiger partial charge in [0.25, 0.3) is 5.91 Å². The van der Waals surface area contributed by atoms with Crippen LogP contribution in [0.1, 0.15) is 29.3 Å². The molecule has 0 heterocycles. The van der Waals surface area contributed by atoms with Gasteiger partial charge < -0.3 is 5.32 Å². The zero-order valence-corrected chi connectivity index (χ0v) is 11.7. The lowest BCUT2D eigenvalue weighted by atomic mass is 10.1. The zero-order valence-electron chi connectivity index (χ0n) is 9.39. The number of alkyl halides is 1. The molecule has 0 aliphatic rings. The van der Waals surface area contributed by atoms with Gasteiger partial charge in [-0.15, -0.1) is 11.6 Å². The summed E-state index contributed by atoms with van der Waals surface area (Å²) in [5.41, 5.74) is 1.66. The number of hydrogen-bond donors (Lipinski definition) is 1. The van der Waals surface area contributed by atoms with Gasteiger partial charge in [-0.25, -0.2) is 0 Å². The average Bonchev–Trinajstić information content (AvgIpc) is 2.28. The zero-order chi connectivity index (χ0) is 12.1. The van der Waals surface area contributed by atoms with Crippen molar-refractivity contribution in [2.24, 2.45) is 0 Å². The Morgan fingerprint density at radius 3 is 2.81 bits per heavy atom. The number of nitrogens with one attached hydrogen (secondary N) is 1. The normalized spacial score (nSPS) is 12.2. The third kappa shape index (κ3) is 3.49. The largest absolute Gasteiger partial charge is 0.348 e. The second-order valence-electron chi connectivity index (χ2n) is 3.69. The number of rotatable bonds is 4. The van der Waals surface area contributed by atoms with Crippen LogP contribution < -0.4 is 5.32 Å². The van der Waals surface area contributed by atoms with Gasteiger partial charge in [-0.05, 0) is 31.0 Å². The van der Waals surface area contributed by atoms with Crippen LogP contribution in [0.3, 0.4) is 0 Å². The van der Waals surface area contributed by atoms with Crippen LogP contribution in [0, 0.1) is 6.92 Å². The van der Waals surface area contributed by atoms with Crippen molar-refractivity contribution in [1.29, 1.82) is 0 Å². The van der Waals surface area contributed by atoms with Gasteiger partial charge in [0.2, 0.25) is 0 Å². The maximum absolute atomic E-state index is 12.0. The van der Waals surface area contributed by atoms with E-state index < -0.39 is 0 Å². The molecular weight excluding hydrogens is 289 g/mol. The molecule has 0 aromatic heterocycles. The summed E-state index contributed by atoms with van der Waals surface area (Å²) in [6.07, 6.45) is 0.836. The van der Waals surface area contributed by atoms with Gasteiger partial charge in [0.15, 0.2) is 0 Å². The molecule has 0 saturated heterocycles. The first-order valence-corrected chi connectivity index (χ1v) is 6.54. The Morgan fingerprint density at radius 2 is 2.25 bits per heavy atom. The molecule has 1 atom stereocenters. The lowest BCUT2D eigenvalue weighted by molar-refractivity contribution is 0.0939. The molecule has 1 rings (SSSR count). The molecule has 1 aromatic carbocycles. The van der Waals surface area contributed by atoms with Crippen LogP contribution in [-0.4, -0.2) is 17.8 Å². The van der Waals surface area contributed by atoms with Crippen molar-refractivity contribution >= 4 is 33.4 Å². The minimum atomic E-state index is -0.0636. The highest BCUT2D eigenvalue weighted by molar-refractivity contribution is 9.10. The summed E-state index contributed by atoms with van der Waals surface area (Å²) >= 11 is 9.11. The fourth-order valence-electron chi connectivity index (χ4n) is 1.35. The van der Waals surface area contributed by atoms with Crippen LogP contribution in [0.2, 0.25) is 0 Å². The molecule has 0 spiro atoms. The summed E-state index contributed by atoms with van der Waals surface area (Å²) in [4.78, 5) is 12.0. The molecule has 4 heteroatoms. The van der Waals surface area contributed by atoms with Gasteiger partial charge in [0.05, 0.1) is 0 Å². The lowest BCUT2D eigenvalue weighted by Gasteiger charge is -2.14. The Morgan fingerprint density at radius 1 is 1.56 bits per heavy atom. The molecule has 0 saturated carbocycles. The van der Waals surface area contributed by atoms with E-state index in [1.165, 1.54) is 0 Å². The topological polar surface area (TPSA) is 29.1 Å². The third-order valence-electron chi connectivity index (χ3n) is 2.46. The van der Waals surface area contributed by atoms with Gasteiger partial charge in [0.1, 0.15) is 0 Å². The number of hydrogen-bond acceptors (Lipinski definition) is 1. The van der Waals surface area contributed by atoms with Gasteiger partial charge in [-0.3, -0.25) is 4.79 Å². The number of carbonyl (C=O) groups is 1. The molecule has 2 nitrogen and oxygen atoms in total. The SMILES string of the molecule is CCC(CCl)NC(=O)c1cc(Br)ccc1C. The molecule has 1 amide bonds. The second-order valence-corrected chi connectivity index (χ2v) is 4.92. The van der Waals surface area contributed by atoms with E-state index >= 15 is 0 Å². The predicted molar refractivity (Wildman–Crippen MR) is 71.1 cm³/mol. The maximum Gasteiger partial charge on any atom is 0.251 e. The van der Waals surface area contributed by atoms with Gasteiger partial charge in [0, 0.05) is 22.0 Å². The molecule has 0 fully saturated rings. The van der Waals surface area contributed by atoms with Crippen molar-refractivity contribution < 1.29 is 4.79 Å². The molecule has 1 N–H and O–H groups in total. The van der Waals surface area contributed by atoms with Crippen LogP contribution >= 0.6 is 27.5 Å². The van der Waals surface area contributed by atoms with Crippen LogP contribution in [-0.2, 0) is 0 Å². The summed E-state index contributed by atoms with van der Waals surface area (Å²) in [6, 6.07) is 5.70. The Labute approximate surface area is 110 Å². The van der Waals surface area contributed by atoms with Crippen molar-refractivity contribution in [1.82, 2.24) is 5.32 Å². The van der Waals surface area contributed by atoms with E-state index in [0.717, 1.165) is 16.5 Å². The Bertz CT molecular complexity index is 377. The summed E-state index contributed by atoms with van der Waals surface area (Å²) in [6.45, 7) is 3.92. The highest BCUT2D eigenvalue weighted by Crippen LogP contribution is 2.16. The van der Waals surface area contributed by atoms with Crippen LogP contribution in [0.15, 0.2) is 22.7 Å². The summed E-state index contributed by atoms with van der Waals surface area (Å²) < 4.78 is 0.905. The first-order valence-electron chi connectivity index (χ1n) is 5.21. The minimum absolute atomic E-state index is 0.0348. The van der Waals surface area contributed by atoms with Crippen molar-refractivity contribution in [3.05, 3.63) is 33.8 Å². The molecule has 0 bridgehead atoms. The maximum atomic E-state index is 12.0. The first-order chi connectivity index (χ1) is 7.58. The molecule has 16 heavy (non-hydrogen) atoms. The fourth-order valence-corrected chi connectivity index (χ4v) is 2.01. The predicted octanol–water partition coefficient (Wildman–Crippen LogP) is 3.50. The summed E-state index contributed by atoms with van der Waals surface area (Å²) in [7, 11) is 0. The summed E-state index contributed by atoms with van der Waals surface area (Å²) in [5, 5.41) is 2.91. The Balaban J connectivity index is 2.83. The smallest absolute Gasteiger partial charge is 0.251 e. The van der Waals surface area contributed by atoms with Crippen molar-refractivity contribution in [2.45, 2.75) is 26.3 Å². The van der Waals surface area contributed by atoms with Gasteiger partial charge >= 0.3 is 0 Å². The van der Waals surface area contributed by atoms with E-state index in [0.29, 0.717) is 11.4 Å². The van der Waals surface area contributed by atoms with Crippen molar-refractivity contribution in [3.63, 3.8) is 0 Å². The summed E-state index contributed by atoms with van der Waals surface area (Å²) in [5.74, 6) is 0.376. The standard InChI is InChI=1S/C12H15BrClNO/c1-3-10(7-14)15-12(16)11-6-9(13)5-4-8(11)2/h4-6,10H,3,7H2,1-2H3,(H,15,16). The highest BCUT2D eigenvalue weighted by atomic mass is 79.9. The third-order valence-corrected chi connectivity index (χ3v) is 3.32.